The molecule has 2 rings (SSSR count). The first-order valence-electron chi connectivity index (χ1n) is 7.17. The average molecular weight is 337 g/mol. The molecule has 0 aromatic heterocycles. The molecule has 2 aromatic rings. The summed E-state index contributed by atoms with van der Waals surface area (Å²) in [5.41, 5.74) is 2.86. The highest BCUT2D eigenvalue weighted by Gasteiger charge is 2.05. The maximum atomic E-state index is 12.0. The molecule has 0 bridgehead atoms. The number of aryl methyl sites for hydroxylation is 1. The quantitative estimate of drug-likeness (QED) is 0.779. The van der Waals surface area contributed by atoms with E-state index in [0.717, 1.165) is 23.4 Å². The number of rotatable bonds is 6. The molecule has 116 valence electrons. The number of hydrogen-bond acceptors (Lipinski definition) is 2. The van der Waals surface area contributed by atoms with Crippen LogP contribution in [-0.4, -0.2) is 12.5 Å². The molecule has 0 saturated heterocycles. The van der Waals surface area contributed by atoms with Gasteiger partial charge in [0, 0.05) is 24.3 Å². The van der Waals surface area contributed by atoms with Crippen LogP contribution in [-0.2, 0) is 11.2 Å². The summed E-state index contributed by atoms with van der Waals surface area (Å²) in [6.07, 6.45) is 1.26. The highest BCUT2D eigenvalue weighted by Crippen LogP contribution is 2.25. The van der Waals surface area contributed by atoms with E-state index in [1.54, 1.807) is 12.1 Å². The number of halogens is 2. The first kappa shape index (κ1) is 16.7. The molecule has 0 aliphatic carbocycles. The fourth-order valence-electron chi connectivity index (χ4n) is 2.09. The SMILES string of the molecule is CCc1ccccc1NC(=O)CCNc1ccc(Cl)c(Cl)c1. The lowest BCUT2D eigenvalue weighted by Crippen LogP contribution is -2.17. The highest BCUT2D eigenvalue weighted by atomic mass is 35.5. The summed E-state index contributed by atoms with van der Waals surface area (Å²) in [6, 6.07) is 13.1. The van der Waals surface area contributed by atoms with Crippen LogP contribution < -0.4 is 10.6 Å². The van der Waals surface area contributed by atoms with E-state index in [9.17, 15) is 4.79 Å². The Kier molecular flexibility index (Phi) is 6.10. The normalized spacial score (nSPS) is 10.3. The third-order valence-corrected chi connectivity index (χ3v) is 4.01. The van der Waals surface area contributed by atoms with Gasteiger partial charge < -0.3 is 10.6 Å². The Balaban J connectivity index is 1.84. The molecule has 0 atom stereocenters. The van der Waals surface area contributed by atoms with Crippen molar-refractivity contribution < 1.29 is 4.79 Å². The maximum absolute atomic E-state index is 12.0. The minimum atomic E-state index is -0.0199. The van der Waals surface area contributed by atoms with E-state index in [1.165, 1.54) is 0 Å². The van der Waals surface area contributed by atoms with Crippen molar-refractivity contribution in [2.24, 2.45) is 0 Å². The number of amides is 1. The second-order valence-electron chi connectivity index (χ2n) is 4.86. The molecule has 0 heterocycles. The van der Waals surface area contributed by atoms with E-state index in [0.29, 0.717) is 23.0 Å². The van der Waals surface area contributed by atoms with Crippen LogP contribution in [0.25, 0.3) is 0 Å². The molecule has 3 nitrogen and oxygen atoms in total. The van der Waals surface area contributed by atoms with Crippen molar-refractivity contribution in [3.8, 4) is 0 Å². The van der Waals surface area contributed by atoms with Crippen LogP contribution >= 0.6 is 23.2 Å². The van der Waals surface area contributed by atoms with Crippen LogP contribution in [0.3, 0.4) is 0 Å². The van der Waals surface area contributed by atoms with E-state index < -0.39 is 0 Å². The number of carbonyl (C=O) groups excluding carboxylic acids is 1. The molecule has 0 radical (unpaired) electrons. The van der Waals surface area contributed by atoms with Crippen LogP contribution in [0.5, 0.6) is 0 Å². The van der Waals surface area contributed by atoms with E-state index in [4.69, 9.17) is 23.2 Å². The topological polar surface area (TPSA) is 41.1 Å². The van der Waals surface area contributed by atoms with Gasteiger partial charge in [-0.25, -0.2) is 0 Å². The Morgan fingerprint density at radius 3 is 2.59 bits per heavy atom. The van der Waals surface area contributed by atoms with E-state index in [2.05, 4.69) is 17.6 Å². The zero-order valence-corrected chi connectivity index (χ0v) is 13.8. The van der Waals surface area contributed by atoms with Crippen molar-refractivity contribution in [3.63, 3.8) is 0 Å². The molecular weight excluding hydrogens is 319 g/mol. The minimum Gasteiger partial charge on any atom is -0.384 e. The molecule has 0 fully saturated rings. The van der Waals surface area contributed by atoms with E-state index >= 15 is 0 Å². The smallest absolute Gasteiger partial charge is 0.226 e. The lowest BCUT2D eigenvalue weighted by molar-refractivity contribution is -0.115. The second kappa shape index (κ2) is 8.06. The van der Waals surface area contributed by atoms with Gasteiger partial charge in [-0.1, -0.05) is 48.3 Å². The molecule has 0 aliphatic rings. The Morgan fingerprint density at radius 2 is 1.86 bits per heavy atom. The average Bonchev–Trinajstić information content (AvgIpc) is 2.51. The Labute approximate surface area is 140 Å². The molecule has 5 heteroatoms. The third-order valence-electron chi connectivity index (χ3n) is 3.27. The Morgan fingerprint density at radius 1 is 1.09 bits per heavy atom. The van der Waals surface area contributed by atoms with Crippen LogP contribution in [0.1, 0.15) is 18.9 Å². The van der Waals surface area contributed by atoms with Gasteiger partial charge >= 0.3 is 0 Å². The zero-order valence-electron chi connectivity index (χ0n) is 12.3. The van der Waals surface area contributed by atoms with Crippen molar-refractivity contribution in [2.75, 3.05) is 17.2 Å². The molecule has 1 amide bonds. The van der Waals surface area contributed by atoms with Gasteiger partial charge in [-0.15, -0.1) is 0 Å². The summed E-state index contributed by atoms with van der Waals surface area (Å²) in [4.78, 5) is 12.0. The summed E-state index contributed by atoms with van der Waals surface area (Å²) in [7, 11) is 0. The second-order valence-corrected chi connectivity index (χ2v) is 5.68. The predicted octanol–water partition coefficient (Wildman–Crippen LogP) is 5.00. The number of anilines is 2. The van der Waals surface area contributed by atoms with Gasteiger partial charge in [0.25, 0.3) is 0 Å². The van der Waals surface area contributed by atoms with Crippen molar-refractivity contribution in [3.05, 3.63) is 58.1 Å². The fraction of sp³-hybridized carbons (Fsp3) is 0.235. The van der Waals surface area contributed by atoms with Crippen LogP contribution in [0, 0.1) is 0 Å². The third kappa shape index (κ3) is 4.65. The van der Waals surface area contributed by atoms with Gasteiger partial charge in [0.2, 0.25) is 5.91 Å². The van der Waals surface area contributed by atoms with Gasteiger partial charge in [0.15, 0.2) is 0 Å². The van der Waals surface area contributed by atoms with Crippen molar-refractivity contribution in [1.29, 1.82) is 0 Å². The molecule has 0 aliphatic heterocycles. The number of benzene rings is 2. The molecule has 22 heavy (non-hydrogen) atoms. The minimum absolute atomic E-state index is 0.0199. The van der Waals surface area contributed by atoms with Gasteiger partial charge in [0.1, 0.15) is 0 Å². The Hall–Kier alpha value is -1.71. The highest BCUT2D eigenvalue weighted by molar-refractivity contribution is 6.42. The summed E-state index contributed by atoms with van der Waals surface area (Å²) in [5, 5.41) is 7.10. The monoisotopic (exact) mass is 336 g/mol. The summed E-state index contributed by atoms with van der Waals surface area (Å²) in [6.45, 7) is 2.59. The standard InChI is InChI=1S/C17H18Cl2N2O/c1-2-12-5-3-4-6-16(12)21-17(22)9-10-20-13-7-8-14(18)15(19)11-13/h3-8,11,20H,2,9-10H2,1H3,(H,21,22). The van der Waals surface area contributed by atoms with E-state index in [1.807, 2.05) is 30.3 Å². The summed E-state index contributed by atoms with van der Waals surface area (Å²) >= 11 is 11.8. The van der Waals surface area contributed by atoms with Crippen LogP contribution in [0.15, 0.2) is 42.5 Å². The van der Waals surface area contributed by atoms with Gasteiger partial charge in [-0.3, -0.25) is 4.79 Å². The van der Waals surface area contributed by atoms with Crippen LogP contribution in [0.4, 0.5) is 11.4 Å². The lowest BCUT2D eigenvalue weighted by Gasteiger charge is -2.10. The largest absolute Gasteiger partial charge is 0.384 e. The molecular formula is C17H18Cl2N2O. The maximum Gasteiger partial charge on any atom is 0.226 e. The molecule has 0 saturated carbocycles. The number of hydrogen-bond donors (Lipinski definition) is 2. The molecule has 2 aromatic carbocycles. The lowest BCUT2D eigenvalue weighted by atomic mass is 10.1. The first-order chi connectivity index (χ1) is 10.6. The van der Waals surface area contributed by atoms with Gasteiger partial charge in [0.05, 0.1) is 10.0 Å². The number of para-hydroxylation sites is 1. The fourth-order valence-corrected chi connectivity index (χ4v) is 2.39. The van der Waals surface area contributed by atoms with Crippen molar-refractivity contribution >= 4 is 40.5 Å². The number of carbonyl (C=O) groups is 1. The van der Waals surface area contributed by atoms with Crippen molar-refractivity contribution in [1.82, 2.24) is 0 Å². The number of nitrogens with one attached hydrogen (secondary N) is 2. The predicted molar refractivity (Wildman–Crippen MR) is 94.0 cm³/mol. The Bertz CT molecular complexity index is 659. The van der Waals surface area contributed by atoms with Crippen LogP contribution in [0.2, 0.25) is 10.0 Å². The first-order valence-corrected chi connectivity index (χ1v) is 7.92. The summed E-state index contributed by atoms with van der Waals surface area (Å²) < 4.78 is 0. The molecule has 0 unspecified atom stereocenters. The molecule has 0 spiro atoms. The zero-order chi connectivity index (χ0) is 15.9. The van der Waals surface area contributed by atoms with E-state index in [-0.39, 0.29) is 5.91 Å². The van der Waals surface area contributed by atoms with Crippen molar-refractivity contribution in [2.45, 2.75) is 19.8 Å². The van der Waals surface area contributed by atoms with Gasteiger partial charge in [-0.05, 0) is 36.2 Å². The summed E-state index contributed by atoms with van der Waals surface area (Å²) in [5.74, 6) is -0.0199. The molecule has 2 N–H and O–H groups in total. The van der Waals surface area contributed by atoms with Gasteiger partial charge in [-0.2, -0.15) is 0 Å².